The summed E-state index contributed by atoms with van der Waals surface area (Å²) in [4.78, 5) is 7.03. The van der Waals surface area contributed by atoms with Gasteiger partial charge in [0.15, 0.2) is 5.58 Å². The molecule has 0 aliphatic heterocycles. The second-order valence-corrected chi connectivity index (χ2v) is 12.4. The smallest absolute Gasteiger partial charge is 0.227 e. The standard InChI is InChI=1S/C43H24N2O4/c1-2-8-25(9-3-1)43-44-35-23-34-32-18-15-28(22-40(32)48-41(34)24-42(35)49-43)45(26-16-19-38-33(20-26)30-11-5-7-13-37(30)46-38)27-14-17-31-29-10-4-6-12-36(29)47-39(31)21-27/h1-24H. The highest BCUT2D eigenvalue weighted by Gasteiger charge is 2.20. The first-order valence-corrected chi connectivity index (χ1v) is 16.2. The van der Waals surface area contributed by atoms with E-state index in [2.05, 4.69) is 71.6 Å². The van der Waals surface area contributed by atoms with Crippen LogP contribution in [-0.4, -0.2) is 4.98 Å². The third kappa shape index (κ3) is 3.98. The van der Waals surface area contributed by atoms with E-state index in [1.54, 1.807) is 0 Å². The molecule has 0 unspecified atom stereocenters. The summed E-state index contributed by atoms with van der Waals surface area (Å²) in [5.41, 5.74) is 10.2. The predicted molar refractivity (Wildman–Crippen MR) is 196 cm³/mol. The lowest BCUT2D eigenvalue weighted by molar-refractivity contribution is 0.617. The summed E-state index contributed by atoms with van der Waals surface area (Å²) in [5, 5.41) is 6.31. The lowest BCUT2D eigenvalue weighted by Crippen LogP contribution is -2.09. The van der Waals surface area contributed by atoms with Crippen LogP contribution in [0.2, 0.25) is 0 Å². The van der Waals surface area contributed by atoms with Crippen molar-refractivity contribution >= 4 is 94.0 Å². The zero-order chi connectivity index (χ0) is 32.1. The molecule has 0 atom stereocenters. The van der Waals surface area contributed by atoms with E-state index in [4.69, 9.17) is 22.7 Å². The lowest BCUT2D eigenvalue weighted by atomic mass is 10.1. The van der Waals surface area contributed by atoms with Crippen LogP contribution in [0.4, 0.5) is 17.1 Å². The first-order valence-electron chi connectivity index (χ1n) is 16.2. The van der Waals surface area contributed by atoms with Crippen LogP contribution in [-0.2, 0) is 0 Å². The maximum atomic E-state index is 6.52. The molecule has 0 radical (unpaired) electrons. The maximum Gasteiger partial charge on any atom is 0.227 e. The third-order valence-corrected chi connectivity index (χ3v) is 9.48. The van der Waals surface area contributed by atoms with Crippen LogP contribution in [0.5, 0.6) is 0 Å². The Kier molecular flexibility index (Phi) is 5.29. The van der Waals surface area contributed by atoms with Gasteiger partial charge in [-0.15, -0.1) is 0 Å². The number of benzene rings is 7. The molecule has 4 aromatic heterocycles. The number of hydrogen-bond acceptors (Lipinski definition) is 6. The Balaban J connectivity index is 1.10. The number of oxazole rings is 1. The average molecular weight is 633 g/mol. The summed E-state index contributed by atoms with van der Waals surface area (Å²) in [6.07, 6.45) is 0. The molecule has 0 aliphatic carbocycles. The molecule has 4 heterocycles. The van der Waals surface area contributed by atoms with Gasteiger partial charge in [0.1, 0.15) is 39.0 Å². The van der Waals surface area contributed by atoms with Crippen molar-refractivity contribution in [3.63, 3.8) is 0 Å². The van der Waals surface area contributed by atoms with Gasteiger partial charge >= 0.3 is 0 Å². The molecule has 0 saturated carbocycles. The van der Waals surface area contributed by atoms with Gasteiger partial charge in [0, 0.05) is 73.1 Å². The molecule has 6 heteroatoms. The highest BCUT2D eigenvalue weighted by Crippen LogP contribution is 2.43. The molecule has 0 saturated heterocycles. The quantitative estimate of drug-likeness (QED) is 0.192. The fourth-order valence-electron chi connectivity index (χ4n) is 7.18. The highest BCUT2D eigenvalue weighted by molar-refractivity contribution is 6.11. The number of para-hydroxylation sites is 2. The number of nitrogens with zero attached hydrogens (tertiary/aromatic N) is 2. The molecular formula is C43H24N2O4. The van der Waals surface area contributed by atoms with Gasteiger partial charge < -0.3 is 22.6 Å². The summed E-state index contributed by atoms with van der Waals surface area (Å²) in [5.74, 6) is 0.592. The van der Waals surface area contributed by atoms with Crippen LogP contribution in [0.25, 0.3) is 88.4 Å². The van der Waals surface area contributed by atoms with E-state index < -0.39 is 0 Å². The Bertz CT molecular complexity index is 3070. The van der Waals surface area contributed by atoms with Gasteiger partial charge in [-0.1, -0.05) is 54.6 Å². The van der Waals surface area contributed by atoms with Crippen molar-refractivity contribution in [3.05, 3.63) is 146 Å². The first kappa shape index (κ1) is 26.3. The van der Waals surface area contributed by atoms with Crippen LogP contribution < -0.4 is 4.90 Å². The van der Waals surface area contributed by atoms with Gasteiger partial charge in [-0.3, -0.25) is 0 Å². The second-order valence-electron chi connectivity index (χ2n) is 12.4. The molecular weight excluding hydrogens is 608 g/mol. The largest absolute Gasteiger partial charge is 0.456 e. The SMILES string of the molecule is c1ccc(-c2nc3cc4c(cc3o2)oc2cc(N(c3ccc5c(c3)oc3ccccc35)c3ccc5oc6ccccc6c5c3)ccc24)cc1. The molecule has 11 aromatic rings. The number of anilines is 3. The molecule has 0 bridgehead atoms. The Morgan fingerprint density at radius 1 is 0.347 bits per heavy atom. The van der Waals surface area contributed by atoms with Gasteiger partial charge in [-0.2, -0.15) is 0 Å². The van der Waals surface area contributed by atoms with Gasteiger partial charge in [-0.05, 0) is 72.8 Å². The molecule has 7 aromatic carbocycles. The molecule has 0 fully saturated rings. The Hall–Kier alpha value is -6.79. The molecule has 11 rings (SSSR count). The second kappa shape index (κ2) is 9.86. The van der Waals surface area contributed by atoms with E-state index in [-0.39, 0.29) is 0 Å². The molecule has 0 aliphatic rings. The zero-order valence-electron chi connectivity index (χ0n) is 25.9. The summed E-state index contributed by atoms with van der Waals surface area (Å²) < 4.78 is 25.2. The van der Waals surface area contributed by atoms with Gasteiger partial charge in [0.05, 0.1) is 0 Å². The van der Waals surface area contributed by atoms with E-state index >= 15 is 0 Å². The van der Waals surface area contributed by atoms with Crippen molar-refractivity contribution in [1.29, 1.82) is 0 Å². The van der Waals surface area contributed by atoms with Crippen molar-refractivity contribution in [2.24, 2.45) is 0 Å². The molecule has 49 heavy (non-hydrogen) atoms. The van der Waals surface area contributed by atoms with Crippen molar-refractivity contribution in [2.45, 2.75) is 0 Å². The van der Waals surface area contributed by atoms with Gasteiger partial charge in [-0.25, -0.2) is 4.98 Å². The topological polar surface area (TPSA) is 68.7 Å². The van der Waals surface area contributed by atoms with E-state index in [1.807, 2.05) is 78.9 Å². The number of rotatable bonds is 4. The van der Waals surface area contributed by atoms with Crippen LogP contribution in [0.3, 0.4) is 0 Å². The Morgan fingerprint density at radius 3 is 1.61 bits per heavy atom. The van der Waals surface area contributed by atoms with Crippen LogP contribution in [0.1, 0.15) is 0 Å². The van der Waals surface area contributed by atoms with Crippen molar-refractivity contribution in [3.8, 4) is 11.5 Å². The fraction of sp³-hybridized carbons (Fsp3) is 0. The molecule has 6 nitrogen and oxygen atoms in total. The van der Waals surface area contributed by atoms with Gasteiger partial charge in [0.25, 0.3) is 0 Å². The van der Waals surface area contributed by atoms with Crippen molar-refractivity contribution in [1.82, 2.24) is 4.98 Å². The minimum Gasteiger partial charge on any atom is -0.456 e. The molecule has 0 spiro atoms. The van der Waals surface area contributed by atoms with Crippen molar-refractivity contribution < 1.29 is 17.7 Å². The number of aromatic nitrogens is 1. The summed E-state index contributed by atoms with van der Waals surface area (Å²) in [7, 11) is 0. The molecule has 0 amide bonds. The maximum absolute atomic E-state index is 6.52. The summed E-state index contributed by atoms with van der Waals surface area (Å²) in [6, 6.07) is 49.3. The third-order valence-electron chi connectivity index (χ3n) is 9.48. The summed E-state index contributed by atoms with van der Waals surface area (Å²) >= 11 is 0. The number of fused-ring (bicyclic) bond motifs is 10. The first-order chi connectivity index (χ1) is 24.2. The molecule has 0 N–H and O–H groups in total. The average Bonchev–Trinajstić information content (AvgIpc) is 3.91. The number of furan rings is 3. The zero-order valence-corrected chi connectivity index (χ0v) is 25.9. The van der Waals surface area contributed by atoms with E-state index in [1.165, 1.54) is 0 Å². The minimum absolute atomic E-state index is 0.592. The van der Waals surface area contributed by atoms with Crippen LogP contribution in [0, 0.1) is 0 Å². The monoisotopic (exact) mass is 632 g/mol. The van der Waals surface area contributed by atoms with Crippen LogP contribution >= 0.6 is 0 Å². The fourth-order valence-corrected chi connectivity index (χ4v) is 7.18. The molecule has 230 valence electrons. The minimum atomic E-state index is 0.592. The lowest BCUT2D eigenvalue weighted by Gasteiger charge is -2.25. The van der Waals surface area contributed by atoms with Gasteiger partial charge in [0.2, 0.25) is 5.89 Å². The predicted octanol–water partition coefficient (Wildman–Crippen LogP) is 12.7. The van der Waals surface area contributed by atoms with E-state index in [9.17, 15) is 0 Å². The van der Waals surface area contributed by atoms with E-state index in [0.29, 0.717) is 11.5 Å². The normalized spacial score (nSPS) is 12.1. The van der Waals surface area contributed by atoms with E-state index in [0.717, 1.165) is 94.0 Å². The Morgan fingerprint density at radius 2 is 0.857 bits per heavy atom. The van der Waals surface area contributed by atoms with Crippen molar-refractivity contribution in [2.75, 3.05) is 4.90 Å². The van der Waals surface area contributed by atoms with Crippen LogP contribution in [0.15, 0.2) is 163 Å². The summed E-state index contributed by atoms with van der Waals surface area (Å²) in [6.45, 7) is 0. The Labute approximate surface area is 278 Å². The number of hydrogen-bond donors (Lipinski definition) is 0. The highest BCUT2D eigenvalue weighted by atomic mass is 16.4.